The zero-order valence-electron chi connectivity index (χ0n) is 10.2. The third-order valence-corrected chi connectivity index (χ3v) is 2.71. The molecule has 0 fully saturated rings. The van der Waals surface area contributed by atoms with Crippen molar-refractivity contribution in [2.75, 3.05) is 0 Å². The van der Waals surface area contributed by atoms with Gasteiger partial charge in [-0.15, -0.1) is 5.10 Å². The van der Waals surface area contributed by atoms with Crippen molar-refractivity contribution in [2.24, 2.45) is 5.73 Å². The van der Waals surface area contributed by atoms with Crippen molar-refractivity contribution in [3.63, 3.8) is 0 Å². The fraction of sp³-hybridized carbons (Fsp3) is 0.273. The van der Waals surface area contributed by atoms with Crippen molar-refractivity contribution >= 4 is 5.69 Å². The average Bonchev–Trinajstić information content (AvgIpc) is 2.87. The SMILES string of the molecule is CCC(N)c1cn(-c2ccc(F)cc2[N+](=O)[O-])nn1. The van der Waals surface area contributed by atoms with Crippen LogP contribution in [0.25, 0.3) is 5.69 Å². The second-order valence-corrected chi connectivity index (χ2v) is 3.99. The number of aromatic nitrogens is 3. The number of hydrogen-bond acceptors (Lipinski definition) is 5. The van der Waals surface area contributed by atoms with E-state index in [0.717, 1.165) is 12.1 Å². The zero-order valence-corrected chi connectivity index (χ0v) is 10.2. The average molecular weight is 265 g/mol. The fourth-order valence-corrected chi connectivity index (χ4v) is 1.61. The lowest BCUT2D eigenvalue weighted by Crippen LogP contribution is -2.08. The number of nitrogens with two attached hydrogens (primary N) is 1. The number of halogens is 1. The van der Waals surface area contributed by atoms with Gasteiger partial charge in [-0.05, 0) is 18.6 Å². The van der Waals surface area contributed by atoms with Crippen LogP contribution in [0.5, 0.6) is 0 Å². The van der Waals surface area contributed by atoms with E-state index in [1.54, 1.807) is 0 Å². The Balaban J connectivity index is 2.47. The summed E-state index contributed by atoms with van der Waals surface area (Å²) in [7, 11) is 0. The summed E-state index contributed by atoms with van der Waals surface area (Å²) < 4.78 is 14.3. The lowest BCUT2D eigenvalue weighted by Gasteiger charge is -2.03. The molecule has 0 aliphatic rings. The number of nitro benzene ring substituents is 1. The van der Waals surface area contributed by atoms with E-state index in [1.165, 1.54) is 16.9 Å². The molecule has 0 radical (unpaired) electrons. The van der Waals surface area contributed by atoms with Gasteiger partial charge in [-0.3, -0.25) is 10.1 Å². The highest BCUT2D eigenvalue weighted by molar-refractivity contribution is 5.51. The summed E-state index contributed by atoms with van der Waals surface area (Å²) in [6, 6.07) is 2.97. The zero-order chi connectivity index (χ0) is 14.0. The van der Waals surface area contributed by atoms with Crippen LogP contribution in [0.3, 0.4) is 0 Å². The topological polar surface area (TPSA) is 99.9 Å². The Bertz CT molecular complexity index is 613. The first-order valence-electron chi connectivity index (χ1n) is 5.65. The molecule has 0 bridgehead atoms. The first-order valence-corrected chi connectivity index (χ1v) is 5.65. The Morgan fingerprint density at radius 1 is 1.58 bits per heavy atom. The molecular formula is C11H12FN5O2. The van der Waals surface area contributed by atoms with E-state index < -0.39 is 10.7 Å². The van der Waals surface area contributed by atoms with Crippen molar-refractivity contribution < 1.29 is 9.31 Å². The summed E-state index contributed by atoms with van der Waals surface area (Å²) in [5.41, 5.74) is 6.10. The first kappa shape index (κ1) is 13.1. The lowest BCUT2D eigenvalue weighted by atomic mass is 10.2. The normalized spacial score (nSPS) is 12.4. The molecule has 7 nitrogen and oxygen atoms in total. The van der Waals surface area contributed by atoms with E-state index in [4.69, 9.17) is 5.73 Å². The van der Waals surface area contributed by atoms with E-state index in [1.807, 2.05) is 6.92 Å². The fourth-order valence-electron chi connectivity index (χ4n) is 1.61. The molecule has 0 amide bonds. The van der Waals surface area contributed by atoms with Gasteiger partial charge in [-0.25, -0.2) is 9.07 Å². The minimum Gasteiger partial charge on any atom is -0.323 e. The van der Waals surface area contributed by atoms with E-state index in [9.17, 15) is 14.5 Å². The van der Waals surface area contributed by atoms with Gasteiger partial charge in [0.1, 0.15) is 11.5 Å². The Morgan fingerprint density at radius 2 is 2.32 bits per heavy atom. The number of nitrogens with zero attached hydrogens (tertiary/aromatic N) is 4. The van der Waals surface area contributed by atoms with Crippen molar-refractivity contribution in [1.82, 2.24) is 15.0 Å². The highest BCUT2D eigenvalue weighted by atomic mass is 19.1. The van der Waals surface area contributed by atoms with Crippen LogP contribution in [0.4, 0.5) is 10.1 Å². The van der Waals surface area contributed by atoms with E-state index in [2.05, 4.69) is 10.3 Å². The van der Waals surface area contributed by atoms with Crippen LogP contribution in [-0.4, -0.2) is 19.9 Å². The maximum Gasteiger partial charge on any atom is 0.297 e. The Morgan fingerprint density at radius 3 is 2.95 bits per heavy atom. The van der Waals surface area contributed by atoms with Crippen molar-refractivity contribution in [3.8, 4) is 5.69 Å². The maximum atomic E-state index is 13.0. The molecule has 1 aromatic carbocycles. The van der Waals surface area contributed by atoms with Gasteiger partial charge in [-0.1, -0.05) is 12.1 Å². The van der Waals surface area contributed by atoms with Gasteiger partial charge in [0.2, 0.25) is 0 Å². The van der Waals surface area contributed by atoms with Crippen LogP contribution in [0, 0.1) is 15.9 Å². The highest BCUT2D eigenvalue weighted by Crippen LogP contribution is 2.23. The molecule has 0 aliphatic heterocycles. The molecule has 2 N–H and O–H groups in total. The third kappa shape index (κ3) is 2.58. The van der Waals surface area contributed by atoms with Gasteiger partial charge in [0.05, 0.1) is 28.9 Å². The summed E-state index contributed by atoms with van der Waals surface area (Å²) in [6.45, 7) is 1.89. The first-order chi connectivity index (χ1) is 9.02. The molecule has 8 heteroatoms. The molecule has 1 atom stereocenters. The van der Waals surface area contributed by atoms with Gasteiger partial charge in [-0.2, -0.15) is 0 Å². The summed E-state index contributed by atoms with van der Waals surface area (Å²) in [5.74, 6) is -0.680. The largest absolute Gasteiger partial charge is 0.323 e. The standard InChI is InChI=1S/C11H12FN5O2/c1-2-8(13)9-6-16(15-14-9)10-4-3-7(12)5-11(10)17(18)19/h3-6,8H,2,13H2,1H3. The van der Waals surface area contributed by atoms with Crippen molar-refractivity contribution in [2.45, 2.75) is 19.4 Å². The minimum absolute atomic E-state index is 0.147. The van der Waals surface area contributed by atoms with Crippen LogP contribution in [0.15, 0.2) is 24.4 Å². The maximum absolute atomic E-state index is 13.0. The molecule has 1 aromatic heterocycles. The molecule has 0 aliphatic carbocycles. The Kier molecular flexibility index (Phi) is 3.52. The minimum atomic E-state index is -0.680. The molecule has 1 unspecified atom stereocenters. The van der Waals surface area contributed by atoms with Crippen LogP contribution in [-0.2, 0) is 0 Å². The van der Waals surface area contributed by atoms with E-state index in [-0.39, 0.29) is 17.4 Å². The molecule has 2 aromatic rings. The molecule has 19 heavy (non-hydrogen) atoms. The smallest absolute Gasteiger partial charge is 0.297 e. The summed E-state index contributed by atoms with van der Waals surface area (Å²) in [4.78, 5) is 10.2. The summed E-state index contributed by atoms with van der Waals surface area (Å²) in [5, 5.41) is 18.5. The quantitative estimate of drug-likeness (QED) is 0.670. The molecule has 0 saturated heterocycles. The van der Waals surface area contributed by atoms with Crippen LogP contribution in [0.2, 0.25) is 0 Å². The predicted octanol–water partition coefficient (Wildman–Crippen LogP) is 1.72. The van der Waals surface area contributed by atoms with Crippen molar-refractivity contribution in [1.29, 1.82) is 0 Å². The third-order valence-electron chi connectivity index (χ3n) is 2.71. The van der Waals surface area contributed by atoms with Gasteiger partial charge < -0.3 is 5.73 Å². The number of rotatable bonds is 4. The molecule has 100 valence electrons. The van der Waals surface area contributed by atoms with Crippen LogP contribution >= 0.6 is 0 Å². The number of hydrogen-bond donors (Lipinski definition) is 1. The van der Waals surface area contributed by atoms with Gasteiger partial charge >= 0.3 is 0 Å². The monoisotopic (exact) mass is 265 g/mol. The van der Waals surface area contributed by atoms with Gasteiger partial charge in [0.15, 0.2) is 0 Å². The van der Waals surface area contributed by atoms with E-state index in [0.29, 0.717) is 12.1 Å². The van der Waals surface area contributed by atoms with E-state index >= 15 is 0 Å². The molecule has 0 saturated carbocycles. The highest BCUT2D eigenvalue weighted by Gasteiger charge is 2.18. The predicted molar refractivity (Wildman–Crippen MR) is 65.2 cm³/mol. The van der Waals surface area contributed by atoms with Crippen molar-refractivity contribution in [3.05, 3.63) is 46.0 Å². The lowest BCUT2D eigenvalue weighted by molar-refractivity contribution is -0.384. The Labute approximate surface area is 108 Å². The van der Waals surface area contributed by atoms with Crippen LogP contribution in [0.1, 0.15) is 25.1 Å². The number of nitro groups is 1. The Hall–Kier alpha value is -2.35. The molecular weight excluding hydrogens is 253 g/mol. The second kappa shape index (κ2) is 5.11. The summed E-state index contributed by atoms with van der Waals surface area (Å²) in [6.07, 6.45) is 2.18. The van der Waals surface area contributed by atoms with Gasteiger partial charge in [0, 0.05) is 0 Å². The van der Waals surface area contributed by atoms with Crippen LogP contribution < -0.4 is 5.73 Å². The second-order valence-electron chi connectivity index (χ2n) is 3.99. The summed E-state index contributed by atoms with van der Waals surface area (Å²) >= 11 is 0. The number of benzene rings is 1. The molecule has 1 heterocycles. The van der Waals surface area contributed by atoms with Gasteiger partial charge in [0.25, 0.3) is 5.69 Å². The molecule has 2 rings (SSSR count). The molecule has 0 spiro atoms.